The molecule has 31 heavy (non-hydrogen) atoms. The Morgan fingerprint density at radius 2 is 1.74 bits per heavy atom. The number of benzene rings is 2. The number of amides is 2. The fraction of sp³-hybridized carbons (Fsp3) is 0.0833. The number of rotatable bonds is 5. The van der Waals surface area contributed by atoms with Crippen LogP contribution in [0, 0.1) is 0 Å². The van der Waals surface area contributed by atoms with Crippen LogP contribution in [0.3, 0.4) is 0 Å². The molecule has 2 amide bonds. The maximum Gasteiger partial charge on any atom is 0.256 e. The van der Waals surface area contributed by atoms with Crippen molar-refractivity contribution in [3.63, 3.8) is 0 Å². The van der Waals surface area contributed by atoms with E-state index in [0.29, 0.717) is 28.7 Å². The van der Waals surface area contributed by atoms with Gasteiger partial charge in [0.25, 0.3) is 17.4 Å². The van der Waals surface area contributed by atoms with Gasteiger partial charge in [0.05, 0.1) is 23.3 Å². The molecule has 0 aliphatic rings. The third-order valence-corrected chi connectivity index (χ3v) is 4.94. The Labute approximate surface area is 178 Å². The summed E-state index contributed by atoms with van der Waals surface area (Å²) in [6.45, 7) is 0.301. The number of fused-ring (bicyclic) bond motifs is 1. The van der Waals surface area contributed by atoms with Crippen LogP contribution in [0.2, 0.25) is 0 Å². The lowest BCUT2D eigenvalue weighted by Gasteiger charge is -2.11. The fourth-order valence-corrected chi connectivity index (χ4v) is 3.31. The summed E-state index contributed by atoms with van der Waals surface area (Å²) in [6, 6.07) is 20.7. The van der Waals surface area contributed by atoms with E-state index in [1.165, 1.54) is 10.6 Å². The molecule has 154 valence electrons. The third kappa shape index (κ3) is 4.35. The summed E-state index contributed by atoms with van der Waals surface area (Å²) in [7, 11) is 1.67. The predicted octanol–water partition coefficient (Wildman–Crippen LogP) is 3.12. The summed E-state index contributed by atoms with van der Waals surface area (Å²) in [5, 5.41) is 6.27. The molecule has 2 N–H and O–H groups in total. The normalized spacial score (nSPS) is 10.6. The van der Waals surface area contributed by atoms with Gasteiger partial charge in [0.2, 0.25) is 0 Å². The van der Waals surface area contributed by atoms with Gasteiger partial charge in [-0.05, 0) is 36.4 Å². The molecular weight excluding hydrogens is 392 g/mol. The molecule has 2 aromatic heterocycles. The first-order valence-electron chi connectivity index (χ1n) is 9.71. The molecule has 4 rings (SSSR count). The lowest BCUT2D eigenvalue weighted by molar-refractivity contribution is 0.0949. The van der Waals surface area contributed by atoms with E-state index in [4.69, 9.17) is 0 Å². The molecule has 2 heterocycles. The van der Waals surface area contributed by atoms with E-state index in [1.807, 2.05) is 30.3 Å². The van der Waals surface area contributed by atoms with Crippen molar-refractivity contribution >= 4 is 28.4 Å². The average Bonchev–Trinajstić information content (AvgIpc) is 2.80. The number of anilines is 1. The number of nitrogens with one attached hydrogen (secondary N) is 2. The quantitative estimate of drug-likeness (QED) is 0.527. The molecule has 2 aromatic carbocycles. The highest BCUT2D eigenvalue weighted by Gasteiger charge is 2.14. The summed E-state index contributed by atoms with van der Waals surface area (Å²) in [6.07, 6.45) is 1.66. The predicted molar refractivity (Wildman–Crippen MR) is 119 cm³/mol. The second-order valence-corrected chi connectivity index (χ2v) is 7.01. The average molecular weight is 412 g/mol. The first-order chi connectivity index (χ1) is 15.0. The Morgan fingerprint density at radius 3 is 2.55 bits per heavy atom. The van der Waals surface area contributed by atoms with Gasteiger partial charge in [-0.1, -0.05) is 30.3 Å². The fourth-order valence-electron chi connectivity index (χ4n) is 3.31. The van der Waals surface area contributed by atoms with Crippen molar-refractivity contribution < 1.29 is 9.59 Å². The maximum atomic E-state index is 12.9. The first-order valence-corrected chi connectivity index (χ1v) is 9.71. The highest BCUT2D eigenvalue weighted by molar-refractivity contribution is 6.12. The van der Waals surface area contributed by atoms with Gasteiger partial charge >= 0.3 is 0 Å². The number of nitrogens with zero attached hydrogens (tertiary/aromatic N) is 2. The van der Waals surface area contributed by atoms with Gasteiger partial charge < -0.3 is 15.2 Å². The van der Waals surface area contributed by atoms with Gasteiger partial charge in [-0.3, -0.25) is 19.4 Å². The van der Waals surface area contributed by atoms with Crippen LogP contribution in [0.4, 0.5) is 5.69 Å². The maximum absolute atomic E-state index is 12.9. The van der Waals surface area contributed by atoms with Crippen molar-refractivity contribution in [2.24, 2.45) is 7.05 Å². The van der Waals surface area contributed by atoms with Crippen molar-refractivity contribution in [1.82, 2.24) is 14.9 Å². The van der Waals surface area contributed by atoms with Crippen LogP contribution < -0.4 is 16.2 Å². The van der Waals surface area contributed by atoms with Crippen molar-refractivity contribution in [3.05, 3.63) is 106 Å². The van der Waals surface area contributed by atoms with Crippen molar-refractivity contribution in [2.45, 2.75) is 6.54 Å². The minimum Gasteiger partial charge on any atom is -0.346 e. The van der Waals surface area contributed by atoms with Gasteiger partial charge in [0, 0.05) is 35.9 Å². The van der Waals surface area contributed by atoms with E-state index in [-0.39, 0.29) is 17.0 Å². The Bertz CT molecular complexity index is 1330. The number of hydrogen-bond donors (Lipinski definition) is 2. The van der Waals surface area contributed by atoms with Crippen LogP contribution in [0.15, 0.2) is 83.8 Å². The monoisotopic (exact) mass is 412 g/mol. The van der Waals surface area contributed by atoms with E-state index in [9.17, 15) is 14.4 Å². The Morgan fingerprint density at radius 1 is 0.935 bits per heavy atom. The highest BCUT2D eigenvalue weighted by Crippen LogP contribution is 2.18. The van der Waals surface area contributed by atoms with Gasteiger partial charge in [-0.15, -0.1) is 0 Å². The molecule has 0 fully saturated rings. The van der Waals surface area contributed by atoms with Crippen molar-refractivity contribution in [3.8, 4) is 0 Å². The Balaban J connectivity index is 1.54. The number of pyridine rings is 2. The Hall–Kier alpha value is -4.26. The number of hydrogen-bond acceptors (Lipinski definition) is 4. The summed E-state index contributed by atoms with van der Waals surface area (Å²) in [5.41, 5.74) is 2.29. The second kappa shape index (κ2) is 8.62. The van der Waals surface area contributed by atoms with Crippen LogP contribution in [-0.4, -0.2) is 21.4 Å². The molecule has 0 saturated carbocycles. The molecule has 7 nitrogen and oxygen atoms in total. The van der Waals surface area contributed by atoms with E-state index >= 15 is 0 Å². The third-order valence-electron chi connectivity index (χ3n) is 4.94. The van der Waals surface area contributed by atoms with Gasteiger partial charge in [0.1, 0.15) is 0 Å². The van der Waals surface area contributed by atoms with Gasteiger partial charge in [0.15, 0.2) is 0 Å². The topological polar surface area (TPSA) is 93.1 Å². The number of para-hydroxylation sites is 1. The smallest absolute Gasteiger partial charge is 0.256 e. The second-order valence-electron chi connectivity index (χ2n) is 7.01. The molecule has 0 saturated heterocycles. The van der Waals surface area contributed by atoms with E-state index in [1.54, 1.807) is 49.6 Å². The lowest BCUT2D eigenvalue weighted by atomic mass is 10.1. The van der Waals surface area contributed by atoms with Crippen LogP contribution in [0.25, 0.3) is 10.9 Å². The van der Waals surface area contributed by atoms with Crippen LogP contribution in [0.5, 0.6) is 0 Å². The standard InChI is InChI=1S/C24H20N4O3/c1-28-21-11-3-2-10-19(21)20(14-22(28)29)24(31)27-17-9-6-7-16(13-17)23(30)26-15-18-8-4-5-12-25-18/h2-14H,15H2,1H3,(H,26,30)(H,27,31). The van der Waals surface area contributed by atoms with Crippen LogP contribution >= 0.6 is 0 Å². The summed E-state index contributed by atoms with van der Waals surface area (Å²) >= 11 is 0. The molecule has 7 heteroatoms. The van der Waals surface area contributed by atoms with Crippen LogP contribution in [-0.2, 0) is 13.6 Å². The summed E-state index contributed by atoms with van der Waals surface area (Å²) in [5.74, 6) is -0.694. The van der Waals surface area contributed by atoms with Crippen LogP contribution in [0.1, 0.15) is 26.4 Å². The van der Waals surface area contributed by atoms with E-state index < -0.39 is 5.91 Å². The van der Waals surface area contributed by atoms with Gasteiger partial charge in [-0.2, -0.15) is 0 Å². The minimum absolute atomic E-state index is 0.272. The Kier molecular flexibility index (Phi) is 5.57. The van der Waals surface area contributed by atoms with Gasteiger partial charge in [-0.25, -0.2) is 0 Å². The SMILES string of the molecule is Cn1c(=O)cc(C(=O)Nc2cccc(C(=O)NCc3ccccn3)c2)c2ccccc21. The highest BCUT2D eigenvalue weighted by atomic mass is 16.2. The molecule has 0 aliphatic carbocycles. The number of aryl methyl sites for hydroxylation is 1. The number of aromatic nitrogens is 2. The van der Waals surface area contributed by atoms with E-state index in [2.05, 4.69) is 15.6 Å². The zero-order valence-corrected chi connectivity index (χ0v) is 16.8. The molecular formula is C24H20N4O3. The zero-order chi connectivity index (χ0) is 21.8. The van der Waals surface area contributed by atoms with E-state index in [0.717, 1.165) is 5.69 Å². The molecule has 0 aliphatic heterocycles. The number of carbonyl (C=O) groups is 2. The minimum atomic E-state index is -0.417. The van der Waals surface area contributed by atoms with Crippen molar-refractivity contribution in [1.29, 1.82) is 0 Å². The summed E-state index contributed by atoms with van der Waals surface area (Å²) in [4.78, 5) is 41.8. The molecule has 0 radical (unpaired) electrons. The first kappa shape index (κ1) is 20.0. The molecule has 0 unspecified atom stereocenters. The number of carbonyl (C=O) groups excluding carboxylic acids is 2. The lowest BCUT2D eigenvalue weighted by Crippen LogP contribution is -2.24. The van der Waals surface area contributed by atoms with Crippen molar-refractivity contribution in [2.75, 3.05) is 5.32 Å². The zero-order valence-electron chi connectivity index (χ0n) is 16.8. The molecule has 0 spiro atoms. The molecule has 4 aromatic rings. The molecule has 0 bridgehead atoms. The largest absolute Gasteiger partial charge is 0.346 e. The molecule has 0 atom stereocenters. The summed E-state index contributed by atoms with van der Waals surface area (Å²) < 4.78 is 1.50.